The molecule has 3 nitrogen and oxygen atoms in total. The van der Waals surface area contributed by atoms with Crippen LogP contribution < -0.4 is 0 Å². The summed E-state index contributed by atoms with van der Waals surface area (Å²) in [4.78, 5) is 11.3. The molecule has 1 aromatic carbocycles. The summed E-state index contributed by atoms with van der Waals surface area (Å²) in [5.74, 6) is -1.63. The summed E-state index contributed by atoms with van der Waals surface area (Å²) in [6.07, 6.45) is 0.351. The van der Waals surface area contributed by atoms with Gasteiger partial charge in [0.25, 0.3) is 0 Å². The molecule has 5 heteroatoms. The molecule has 0 aliphatic carbocycles. The molecule has 0 spiro atoms. The van der Waals surface area contributed by atoms with E-state index in [1.165, 1.54) is 17.8 Å². The molecule has 1 fully saturated rings. The lowest BCUT2D eigenvalue weighted by molar-refractivity contribution is -0.141. The number of thioether (sulfide) groups is 1. The highest BCUT2D eigenvalue weighted by Crippen LogP contribution is 2.30. The van der Waals surface area contributed by atoms with Crippen molar-refractivity contribution in [3.05, 3.63) is 29.6 Å². The van der Waals surface area contributed by atoms with E-state index in [0.29, 0.717) is 29.8 Å². The van der Waals surface area contributed by atoms with Crippen LogP contribution in [-0.2, 0) is 16.0 Å². The summed E-state index contributed by atoms with van der Waals surface area (Å²) in [5.41, 5.74) is 0.719. The topological polar surface area (TPSA) is 46.5 Å². The molecule has 1 aliphatic heterocycles. The third-order valence-electron chi connectivity index (χ3n) is 2.86. The molecule has 0 bridgehead atoms. The average molecular weight is 270 g/mol. The fraction of sp³-hybridized carbons (Fsp3) is 0.462. The summed E-state index contributed by atoms with van der Waals surface area (Å²) in [6, 6.07) is 4.95. The Morgan fingerprint density at radius 3 is 2.83 bits per heavy atom. The second-order valence-corrected chi connectivity index (χ2v) is 5.83. The highest BCUT2D eigenvalue weighted by Gasteiger charge is 2.21. The number of carboxylic acids is 1. The van der Waals surface area contributed by atoms with Crippen LogP contribution in [-0.4, -0.2) is 29.5 Å². The molecule has 1 atom stereocenters. The highest BCUT2D eigenvalue weighted by atomic mass is 32.2. The summed E-state index contributed by atoms with van der Waals surface area (Å²) < 4.78 is 18.9. The minimum atomic E-state index is -0.861. The van der Waals surface area contributed by atoms with Crippen molar-refractivity contribution in [3.63, 3.8) is 0 Å². The van der Waals surface area contributed by atoms with Crippen molar-refractivity contribution in [1.82, 2.24) is 0 Å². The van der Waals surface area contributed by atoms with Crippen molar-refractivity contribution in [2.45, 2.75) is 23.5 Å². The van der Waals surface area contributed by atoms with Gasteiger partial charge in [-0.25, -0.2) is 4.39 Å². The van der Waals surface area contributed by atoms with Crippen LogP contribution >= 0.6 is 11.8 Å². The van der Waals surface area contributed by atoms with Gasteiger partial charge >= 0.3 is 5.97 Å². The Morgan fingerprint density at radius 2 is 2.33 bits per heavy atom. The maximum absolute atomic E-state index is 13.8. The van der Waals surface area contributed by atoms with Crippen LogP contribution in [0.25, 0.3) is 0 Å². The molecule has 1 unspecified atom stereocenters. The number of carboxylic acid groups (broad SMARTS) is 1. The monoisotopic (exact) mass is 270 g/mol. The number of carbonyl (C=O) groups is 1. The zero-order valence-electron chi connectivity index (χ0n) is 10.1. The van der Waals surface area contributed by atoms with E-state index in [1.807, 2.05) is 0 Å². The Balaban J connectivity index is 2.01. The van der Waals surface area contributed by atoms with E-state index >= 15 is 0 Å². The standard InChI is InChI=1S/C13H15FO3S/c1-8(13(15)16)4-9-2-3-12(11(14)5-9)18-10-6-17-7-10/h2-3,5,8,10H,4,6-7H2,1H3,(H,15,16). The molecule has 1 saturated heterocycles. The van der Waals surface area contributed by atoms with E-state index in [4.69, 9.17) is 9.84 Å². The molecular formula is C13H15FO3S. The summed E-state index contributed by atoms with van der Waals surface area (Å²) in [5, 5.41) is 9.15. The van der Waals surface area contributed by atoms with Gasteiger partial charge in [0.15, 0.2) is 0 Å². The van der Waals surface area contributed by atoms with E-state index < -0.39 is 11.9 Å². The molecule has 1 N–H and O–H groups in total. The van der Waals surface area contributed by atoms with Crippen LogP contribution in [0.2, 0.25) is 0 Å². The zero-order valence-corrected chi connectivity index (χ0v) is 10.9. The van der Waals surface area contributed by atoms with Crippen LogP contribution in [0.1, 0.15) is 12.5 Å². The van der Waals surface area contributed by atoms with E-state index in [0.717, 1.165) is 5.56 Å². The average Bonchev–Trinajstić information content (AvgIpc) is 2.25. The van der Waals surface area contributed by atoms with Crippen LogP contribution in [0.5, 0.6) is 0 Å². The second-order valence-electron chi connectivity index (χ2n) is 4.49. The molecule has 0 radical (unpaired) electrons. The number of hydrogen-bond acceptors (Lipinski definition) is 3. The van der Waals surface area contributed by atoms with Crippen LogP contribution in [0.4, 0.5) is 4.39 Å². The number of aliphatic carboxylic acids is 1. The number of rotatable bonds is 5. The van der Waals surface area contributed by atoms with Gasteiger partial charge in [0.05, 0.1) is 24.4 Å². The van der Waals surface area contributed by atoms with Gasteiger partial charge in [0.2, 0.25) is 0 Å². The SMILES string of the molecule is CC(Cc1ccc(SC2COC2)c(F)c1)C(=O)O. The van der Waals surface area contributed by atoms with Gasteiger partial charge in [-0.05, 0) is 24.1 Å². The molecule has 2 rings (SSSR count). The molecule has 98 valence electrons. The Morgan fingerprint density at radius 1 is 1.61 bits per heavy atom. The first kappa shape index (κ1) is 13.4. The molecule has 1 aliphatic rings. The molecule has 1 heterocycles. The lowest BCUT2D eigenvalue weighted by atomic mass is 10.0. The Labute approximate surface area is 109 Å². The number of ether oxygens (including phenoxy) is 1. The molecular weight excluding hydrogens is 255 g/mol. The van der Waals surface area contributed by atoms with Gasteiger partial charge in [0.1, 0.15) is 5.82 Å². The Kier molecular flexibility index (Phi) is 4.24. The lowest BCUT2D eigenvalue weighted by Gasteiger charge is -2.25. The van der Waals surface area contributed by atoms with Crippen molar-refractivity contribution in [3.8, 4) is 0 Å². The Hall–Kier alpha value is -1.07. The van der Waals surface area contributed by atoms with E-state index in [-0.39, 0.29) is 5.82 Å². The number of benzene rings is 1. The van der Waals surface area contributed by atoms with Crippen LogP contribution in [0.15, 0.2) is 23.1 Å². The fourth-order valence-corrected chi connectivity index (χ4v) is 2.68. The van der Waals surface area contributed by atoms with E-state index in [9.17, 15) is 9.18 Å². The van der Waals surface area contributed by atoms with Crippen LogP contribution in [0, 0.1) is 11.7 Å². The first-order chi connectivity index (χ1) is 8.56. The fourth-order valence-electron chi connectivity index (χ4n) is 1.67. The first-order valence-electron chi connectivity index (χ1n) is 5.82. The molecule has 18 heavy (non-hydrogen) atoms. The van der Waals surface area contributed by atoms with Crippen molar-refractivity contribution in [2.24, 2.45) is 5.92 Å². The van der Waals surface area contributed by atoms with Gasteiger partial charge in [0, 0.05) is 4.90 Å². The first-order valence-corrected chi connectivity index (χ1v) is 6.70. The second kappa shape index (κ2) is 5.71. The smallest absolute Gasteiger partial charge is 0.306 e. The van der Waals surface area contributed by atoms with E-state index in [1.54, 1.807) is 19.1 Å². The Bertz CT molecular complexity index is 446. The van der Waals surface area contributed by atoms with Crippen molar-refractivity contribution >= 4 is 17.7 Å². The van der Waals surface area contributed by atoms with Crippen LogP contribution in [0.3, 0.4) is 0 Å². The van der Waals surface area contributed by atoms with E-state index in [2.05, 4.69) is 0 Å². The van der Waals surface area contributed by atoms with Gasteiger partial charge < -0.3 is 9.84 Å². The summed E-state index contributed by atoms with van der Waals surface area (Å²) in [7, 11) is 0. The predicted octanol–water partition coefficient (Wildman–Crippen LogP) is 2.58. The summed E-state index contributed by atoms with van der Waals surface area (Å²) >= 11 is 1.47. The number of hydrogen-bond donors (Lipinski definition) is 1. The molecule has 1 aromatic rings. The maximum atomic E-state index is 13.8. The third-order valence-corrected chi connectivity index (χ3v) is 4.05. The maximum Gasteiger partial charge on any atom is 0.306 e. The quantitative estimate of drug-likeness (QED) is 0.893. The van der Waals surface area contributed by atoms with Gasteiger partial charge in [-0.15, -0.1) is 11.8 Å². The third kappa shape index (κ3) is 3.23. The largest absolute Gasteiger partial charge is 0.481 e. The highest BCUT2D eigenvalue weighted by molar-refractivity contribution is 8.00. The minimum Gasteiger partial charge on any atom is -0.481 e. The van der Waals surface area contributed by atoms with Crippen molar-refractivity contribution in [2.75, 3.05) is 13.2 Å². The minimum absolute atomic E-state index is 0.276. The summed E-state index contributed by atoms with van der Waals surface area (Å²) in [6.45, 7) is 2.96. The normalized spacial score (nSPS) is 17.2. The van der Waals surface area contributed by atoms with Crippen molar-refractivity contribution < 1.29 is 19.0 Å². The van der Waals surface area contributed by atoms with Gasteiger partial charge in [-0.2, -0.15) is 0 Å². The van der Waals surface area contributed by atoms with Gasteiger partial charge in [-0.1, -0.05) is 13.0 Å². The van der Waals surface area contributed by atoms with Crippen molar-refractivity contribution in [1.29, 1.82) is 0 Å². The molecule has 0 amide bonds. The van der Waals surface area contributed by atoms with Gasteiger partial charge in [-0.3, -0.25) is 4.79 Å². The number of halogens is 1. The predicted molar refractivity (Wildman–Crippen MR) is 67.4 cm³/mol. The lowest BCUT2D eigenvalue weighted by Crippen LogP contribution is -2.30. The molecule has 0 saturated carbocycles. The zero-order chi connectivity index (χ0) is 13.1. The molecule has 0 aromatic heterocycles.